The first-order valence-corrected chi connectivity index (χ1v) is 7.98. The molecule has 0 aliphatic rings. The van der Waals surface area contributed by atoms with Gasteiger partial charge < -0.3 is 14.7 Å². The zero-order valence-corrected chi connectivity index (χ0v) is 14.5. The highest BCUT2D eigenvalue weighted by Gasteiger charge is 2.10. The summed E-state index contributed by atoms with van der Waals surface area (Å²) in [4.78, 5) is 18.0. The number of hydrogen-bond donors (Lipinski definition) is 1. The van der Waals surface area contributed by atoms with Crippen molar-refractivity contribution in [1.82, 2.24) is 15.0 Å². The molecule has 2 aromatic carbocycles. The third kappa shape index (κ3) is 4.03. The highest BCUT2D eigenvalue weighted by atomic mass is 16.5. The van der Waals surface area contributed by atoms with E-state index in [1.165, 1.54) is 5.56 Å². The lowest BCUT2D eigenvalue weighted by Crippen LogP contribution is -2.21. The normalized spacial score (nSPS) is 10.5. The van der Waals surface area contributed by atoms with Crippen LogP contribution in [0.3, 0.4) is 0 Å². The molecule has 1 aromatic heterocycles. The fourth-order valence-corrected chi connectivity index (χ4v) is 2.34. The molecule has 25 heavy (non-hydrogen) atoms. The summed E-state index contributed by atoms with van der Waals surface area (Å²) in [5.74, 6) is 1.01. The molecule has 0 aliphatic heterocycles. The first-order chi connectivity index (χ1) is 12.0. The van der Waals surface area contributed by atoms with Gasteiger partial charge in [-0.25, -0.2) is 0 Å². The lowest BCUT2D eigenvalue weighted by atomic mass is 10.1. The molecule has 1 N–H and O–H groups in total. The molecule has 0 radical (unpaired) electrons. The van der Waals surface area contributed by atoms with E-state index in [0.29, 0.717) is 23.8 Å². The molecule has 0 bridgehead atoms. The van der Waals surface area contributed by atoms with E-state index in [1.54, 1.807) is 31.1 Å². The molecule has 1 heterocycles. The SMILES string of the molecule is Cc1ccc(-c2noc(CNc3cccc(C(=O)N(C)C)c3)n2)cc1. The highest BCUT2D eigenvalue weighted by molar-refractivity contribution is 5.94. The molecule has 6 nitrogen and oxygen atoms in total. The Morgan fingerprint density at radius 1 is 1.16 bits per heavy atom. The minimum atomic E-state index is -0.0388. The fourth-order valence-electron chi connectivity index (χ4n) is 2.34. The number of rotatable bonds is 5. The van der Waals surface area contributed by atoms with Crippen LogP contribution in [-0.4, -0.2) is 35.0 Å². The molecular weight excluding hydrogens is 316 g/mol. The summed E-state index contributed by atoms with van der Waals surface area (Å²) in [7, 11) is 3.46. The van der Waals surface area contributed by atoms with Gasteiger partial charge in [-0.15, -0.1) is 0 Å². The maximum Gasteiger partial charge on any atom is 0.253 e. The van der Waals surface area contributed by atoms with Gasteiger partial charge in [0.25, 0.3) is 5.91 Å². The van der Waals surface area contributed by atoms with Gasteiger partial charge in [0.2, 0.25) is 11.7 Å². The van der Waals surface area contributed by atoms with Crippen LogP contribution in [0.4, 0.5) is 5.69 Å². The predicted molar refractivity (Wildman–Crippen MR) is 96.3 cm³/mol. The third-order valence-corrected chi connectivity index (χ3v) is 3.74. The number of aryl methyl sites for hydroxylation is 1. The van der Waals surface area contributed by atoms with Gasteiger partial charge >= 0.3 is 0 Å². The molecule has 0 aliphatic carbocycles. The molecule has 1 amide bonds. The van der Waals surface area contributed by atoms with E-state index in [4.69, 9.17) is 4.52 Å². The number of nitrogens with zero attached hydrogens (tertiary/aromatic N) is 3. The molecule has 0 fully saturated rings. The zero-order chi connectivity index (χ0) is 17.8. The van der Waals surface area contributed by atoms with Crippen LogP contribution >= 0.6 is 0 Å². The molecule has 128 valence electrons. The summed E-state index contributed by atoms with van der Waals surface area (Å²) >= 11 is 0. The fraction of sp³-hybridized carbons (Fsp3) is 0.211. The summed E-state index contributed by atoms with van der Waals surface area (Å²) in [5.41, 5.74) is 3.55. The van der Waals surface area contributed by atoms with E-state index in [-0.39, 0.29) is 5.91 Å². The van der Waals surface area contributed by atoms with Gasteiger partial charge in [0.15, 0.2) is 0 Å². The smallest absolute Gasteiger partial charge is 0.253 e. The maximum atomic E-state index is 12.0. The van der Waals surface area contributed by atoms with Crippen LogP contribution in [0.15, 0.2) is 53.1 Å². The van der Waals surface area contributed by atoms with Crippen LogP contribution in [0, 0.1) is 6.92 Å². The van der Waals surface area contributed by atoms with Crippen molar-refractivity contribution in [2.24, 2.45) is 0 Å². The lowest BCUT2D eigenvalue weighted by Gasteiger charge is -2.11. The van der Waals surface area contributed by atoms with Crippen molar-refractivity contribution in [3.63, 3.8) is 0 Å². The number of benzene rings is 2. The summed E-state index contributed by atoms with van der Waals surface area (Å²) in [6.45, 7) is 2.42. The van der Waals surface area contributed by atoms with E-state index >= 15 is 0 Å². The number of anilines is 1. The summed E-state index contributed by atoms with van der Waals surface area (Å²) in [6, 6.07) is 15.3. The Morgan fingerprint density at radius 3 is 2.64 bits per heavy atom. The second-order valence-corrected chi connectivity index (χ2v) is 6.01. The van der Waals surface area contributed by atoms with Gasteiger partial charge in [0, 0.05) is 30.9 Å². The van der Waals surface area contributed by atoms with Crippen molar-refractivity contribution < 1.29 is 9.32 Å². The van der Waals surface area contributed by atoms with Crippen molar-refractivity contribution >= 4 is 11.6 Å². The quantitative estimate of drug-likeness (QED) is 0.773. The summed E-state index contributed by atoms with van der Waals surface area (Å²) in [5, 5.41) is 7.21. The van der Waals surface area contributed by atoms with Gasteiger partial charge in [0.1, 0.15) is 0 Å². The Morgan fingerprint density at radius 2 is 1.92 bits per heavy atom. The summed E-state index contributed by atoms with van der Waals surface area (Å²) < 4.78 is 5.29. The number of amides is 1. The van der Waals surface area contributed by atoms with Crippen LogP contribution in [0.25, 0.3) is 11.4 Å². The van der Waals surface area contributed by atoms with E-state index in [9.17, 15) is 4.79 Å². The first-order valence-electron chi connectivity index (χ1n) is 7.98. The number of nitrogens with one attached hydrogen (secondary N) is 1. The third-order valence-electron chi connectivity index (χ3n) is 3.74. The van der Waals surface area contributed by atoms with Crippen LogP contribution < -0.4 is 5.32 Å². The van der Waals surface area contributed by atoms with Crippen molar-refractivity contribution in [2.75, 3.05) is 19.4 Å². The molecule has 0 saturated heterocycles. The van der Waals surface area contributed by atoms with Crippen LogP contribution in [-0.2, 0) is 6.54 Å². The number of carbonyl (C=O) groups is 1. The maximum absolute atomic E-state index is 12.0. The average molecular weight is 336 g/mol. The van der Waals surface area contributed by atoms with Crippen molar-refractivity contribution in [3.8, 4) is 11.4 Å². The van der Waals surface area contributed by atoms with Gasteiger partial charge in [0.05, 0.1) is 6.54 Å². The topological polar surface area (TPSA) is 71.3 Å². The van der Waals surface area contributed by atoms with Crippen molar-refractivity contribution in [3.05, 3.63) is 65.5 Å². The first kappa shape index (κ1) is 16.7. The summed E-state index contributed by atoms with van der Waals surface area (Å²) in [6.07, 6.45) is 0. The van der Waals surface area contributed by atoms with Gasteiger partial charge in [-0.1, -0.05) is 41.1 Å². The molecule has 3 aromatic rings. The van der Waals surface area contributed by atoms with Crippen LogP contribution in [0.5, 0.6) is 0 Å². The molecule has 0 saturated carbocycles. The van der Waals surface area contributed by atoms with Crippen molar-refractivity contribution in [1.29, 1.82) is 0 Å². The zero-order valence-electron chi connectivity index (χ0n) is 14.5. The standard InChI is InChI=1S/C19H20N4O2/c1-13-7-9-14(10-8-13)18-21-17(25-22-18)12-20-16-6-4-5-15(11-16)19(24)23(2)3/h4-11,20H,12H2,1-3H3. The number of carbonyl (C=O) groups excluding carboxylic acids is 1. The lowest BCUT2D eigenvalue weighted by molar-refractivity contribution is 0.0827. The van der Waals surface area contributed by atoms with Crippen molar-refractivity contribution in [2.45, 2.75) is 13.5 Å². The Kier molecular flexibility index (Phi) is 4.79. The Labute approximate surface area is 146 Å². The molecule has 0 spiro atoms. The average Bonchev–Trinajstić information content (AvgIpc) is 3.09. The molecule has 3 rings (SSSR count). The van der Waals surface area contributed by atoms with Crippen LogP contribution in [0.1, 0.15) is 21.8 Å². The second-order valence-electron chi connectivity index (χ2n) is 6.01. The van der Waals surface area contributed by atoms with Crippen LogP contribution in [0.2, 0.25) is 0 Å². The van der Waals surface area contributed by atoms with E-state index in [1.807, 2.05) is 43.3 Å². The molecule has 6 heteroatoms. The molecule has 0 unspecified atom stereocenters. The second kappa shape index (κ2) is 7.17. The largest absolute Gasteiger partial charge is 0.376 e. The predicted octanol–water partition coefficient (Wildman–Crippen LogP) is 3.36. The van der Waals surface area contributed by atoms with E-state index in [0.717, 1.165) is 11.3 Å². The highest BCUT2D eigenvalue weighted by Crippen LogP contribution is 2.17. The monoisotopic (exact) mass is 336 g/mol. The van der Waals surface area contributed by atoms with E-state index < -0.39 is 0 Å². The van der Waals surface area contributed by atoms with Gasteiger partial charge in [-0.3, -0.25) is 4.79 Å². The molecular formula is C19H20N4O2. The van der Waals surface area contributed by atoms with Gasteiger partial charge in [-0.05, 0) is 25.1 Å². The Bertz CT molecular complexity index is 869. The molecule has 0 atom stereocenters. The number of aromatic nitrogens is 2. The Hall–Kier alpha value is -3.15. The minimum Gasteiger partial charge on any atom is -0.376 e. The van der Waals surface area contributed by atoms with Gasteiger partial charge in [-0.2, -0.15) is 4.98 Å². The minimum absolute atomic E-state index is 0.0388. The Balaban J connectivity index is 1.67. The number of hydrogen-bond acceptors (Lipinski definition) is 5. The van der Waals surface area contributed by atoms with E-state index in [2.05, 4.69) is 15.5 Å².